The van der Waals surface area contributed by atoms with Gasteiger partial charge in [-0.2, -0.15) is 0 Å². The third kappa shape index (κ3) is 2.96. The van der Waals surface area contributed by atoms with Crippen molar-refractivity contribution >= 4 is 16.8 Å². The first kappa shape index (κ1) is 17.3. The van der Waals surface area contributed by atoms with Crippen molar-refractivity contribution in [2.24, 2.45) is 0 Å². The number of halogens is 1. The van der Waals surface area contributed by atoms with Gasteiger partial charge < -0.3 is 4.57 Å². The summed E-state index contributed by atoms with van der Waals surface area (Å²) < 4.78 is 1.96. The number of nitrogens with zero attached hydrogens (tertiary/aromatic N) is 2. The van der Waals surface area contributed by atoms with Crippen LogP contribution in [0.2, 0.25) is 0 Å². The van der Waals surface area contributed by atoms with Crippen molar-refractivity contribution in [3.8, 4) is 0 Å². The predicted molar refractivity (Wildman–Crippen MR) is 107 cm³/mol. The van der Waals surface area contributed by atoms with Crippen molar-refractivity contribution in [3.63, 3.8) is 0 Å². The minimum atomic E-state index is -0.679. The summed E-state index contributed by atoms with van der Waals surface area (Å²) >= 11 is 5.69. The van der Waals surface area contributed by atoms with Gasteiger partial charge >= 0.3 is 0 Å². The number of aromatic nitrogens is 2. The molecule has 1 heterocycles. The van der Waals surface area contributed by atoms with Crippen molar-refractivity contribution < 1.29 is 4.79 Å². The number of hydrogen-bond donors (Lipinski definition) is 0. The lowest BCUT2D eigenvalue weighted by Crippen LogP contribution is -2.36. The standard InChI is InChI=1S/C23H17ClN2O/c24-22(27)21-16-26(17-25-21)23(18-10-4-1-5-11-18,19-12-6-2-7-13-19)20-14-8-3-9-15-20/h1-17H. The van der Waals surface area contributed by atoms with Gasteiger partial charge in [0.15, 0.2) is 0 Å². The molecule has 4 heteroatoms. The van der Waals surface area contributed by atoms with Gasteiger partial charge in [0.1, 0.15) is 11.2 Å². The quantitative estimate of drug-likeness (QED) is 0.360. The van der Waals surface area contributed by atoms with Crippen molar-refractivity contribution in [1.82, 2.24) is 9.55 Å². The van der Waals surface area contributed by atoms with E-state index in [2.05, 4.69) is 41.4 Å². The molecular weight excluding hydrogens is 356 g/mol. The summed E-state index contributed by atoms with van der Waals surface area (Å²) in [5, 5.41) is -0.572. The lowest BCUT2D eigenvalue weighted by atomic mass is 9.77. The molecule has 0 saturated heterocycles. The van der Waals surface area contributed by atoms with Crippen LogP contribution in [0.3, 0.4) is 0 Å². The van der Waals surface area contributed by atoms with Gasteiger partial charge in [-0.25, -0.2) is 4.98 Å². The van der Waals surface area contributed by atoms with E-state index < -0.39 is 10.8 Å². The summed E-state index contributed by atoms with van der Waals surface area (Å²) in [6.07, 6.45) is 3.38. The van der Waals surface area contributed by atoms with Gasteiger partial charge in [0.25, 0.3) is 5.24 Å². The van der Waals surface area contributed by atoms with Crippen LogP contribution >= 0.6 is 11.6 Å². The molecule has 0 amide bonds. The van der Waals surface area contributed by atoms with Crippen LogP contribution in [0.4, 0.5) is 0 Å². The molecule has 0 saturated carbocycles. The molecule has 132 valence electrons. The molecule has 0 aliphatic rings. The van der Waals surface area contributed by atoms with E-state index in [1.807, 2.05) is 59.2 Å². The molecule has 0 unspecified atom stereocenters. The molecule has 0 aliphatic heterocycles. The van der Waals surface area contributed by atoms with E-state index >= 15 is 0 Å². The maximum Gasteiger partial charge on any atom is 0.272 e. The second-order valence-corrected chi connectivity index (χ2v) is 6.59. The number of carbonyl (C=O) groups excluding carboxylic acids is 1. The van der Waals surface area contributed by atoms with Crippen LogP contribution in [-0.4, -0.2) is 14.8 Å². The molecule has 4 aromatic rings. The molecule has 0 spiro atoms. The van der Waals surface area contributed by atoms with E-state index in [4.69, 9.17) is 11.6 Å². The Morgan fingerprint density at radius 3 is 1.48 bits per heavy atom. The van der Waals surface area contributed by atoms with E-state index in [9.17, 15) is 4.79 Å². The SMILES string of the molecule is O=C(Cl)c1cn(C(c2ccccc2)(c2ccccc2)c2ccccc2)cn1. The Labute approximate surface area is 162 Å². The van der Waals surface area contributed by atoms with Crippen LogP contribution in [0.25, 0.3) is 0 Å². The molecule has 0 N–H and O–H groups in total. The highest BCUT2D eigenvalue weighted by Crippen LogP contribution is 2.40. The maximum absolute atomic E-state index is 11.7. The smallest absolute Gasteiger partial charge is 0.272 e. The lowest BCUT2D eigenvalue weighted by Gasteiger charge is -2.37. The molecule has 1 aromatic heterocycles. The molecule has 0 bridgehead atoms. The largest absolute Gasteiger partial charge is 0.318 e. The van der Waals surface area contributed by atoms with Crippen LogP contribution in [-0.2, 0) is 5.54 Å². The average molecular weight is 373 g/mol. The fourth-order valence-corrected chi connectivity index (χ4v) is 3.69. The van der Waals surface area contributed by atoms with Crippen LogP contribution in [0.1, 0.15) is 27.2 Å². The lowest BCUT2D eigenvalue weighted by molar-refractivity contribution is 0.107. The zero-order chi connectivity index (χ0) is 18.7. The van der Waals surface area contributed by atoms with Gasteiger partial charge in [-0.15, -0.1) is 0 Å². The molecule has 27 heavy (non-hydrogen) atoms. The second-order valence-electron chi connectivity index (χ2n) is 6.25. The van der Waals surface area contributed by atoms with Crippen molar-refractivity contribution in [2.45, 2.75) is 5.54 Å². The molecule has 0 aliphatic carbocycles. The summed E-state index contributed by atoms with van der Waals surface area (Å²) in [4.78, 5) is 15.9. The van der Waals surface area contributed by atoms with E-state index in [1.165, 1.54) is 0 Å². The van der Waals surface area contributed by atoms with Gasteiger partial charge in [-0.3, -0.25) is 4.79 Å². The average Bonchev–Trinajstić information content (AvgIpc) is 3.22. The van der Waals surface area contributed by atoms with Crippen LogP contribution in [0.5, 0.6) is 0 Å². The highest BCUT2D eigenvalue weighted by Gasteiger charge is 2.38. The highest BCUT2D eigenvalue weighted by atomic mass is 35.5. The van der Waals surface area contributed by atoms with E-state index in [-0.39, 0.29) is 5.69 Å². The normalized spacial score (nSPS) is 11.3. The minimum absolute atomic E-state index is 0.226. The van der Waals surface area contributed by atoms with Gasteiger partial charge in [-0.1, -0.05) is 91.0 Å². The number of benzene rings is 3. The summed E-state index contributed by atoms with van der Waals surface area (Å²) in [5.74, 6) is 0. The summed E-state index contributed by atoms with van der Waals surface area (Å²) in [6, 6.07) is 30.6. The van der Waals surface area contributed by atoms with E-state index in [0.29, 0.717) is 0 Å². The van der Waals surface area contributed by atoms with Gasteiger partial charge in [0.05, 0.1) is 6.33 Å². The molecule has 0 fully saturated rings. The Balaban J connectivity index is 2.10. The zero-order valence-electron chi connectivity index (χ0n) is 14.5. The number of hydrogen-bond acceptors (Lipinski definition) is 2. The number of imidazole rings is 1. The van der Waals surface area contributed by atoms with E-state index in [0.717, 1.165) is 16.7 Å². The van der Waals surface area contributed by atoms with Crippen LogP contribution in [0.15, 0.2) is 104 Å². The molecule has 4 rings (SSSR count). The first-order valence-electron chi connectivity index (χ1n) is 8.64. The highest BCUT2D eigenvalue weighted by molar-refractivity contribution is 6.67. The molecule has 3 aromatic carbocycles. The second kappa shape index (κ2) is 7.22. The first-order valence-corrected chi connectivity index (χ1v) is 9.01. The molecule has 0 atom stereocenters. The Morgan fingerprint density at radius 1 is 0.741 bits per heavy atom. The Bertz CT molecular complexity index is 947. The predicted octanol–water partition coefficient (Wildman–Crippen LogP) is 5.10. The zero-order valence-corrected chi connectivity index (χ0v) is 15.3. The maximum atomic E-state index is 11.7. The Morgan fingerprint density at radius 2 is 1.15 bits per heavy atom. The summed E-state index contributed by atoms with van der Waals surface area (Å²) in [6.45, 7) is 0. The monoisotopic (exact) mass is 372 g/mol. The van der Waals surface area contributed by atoms with Crippen LogP contribution in [0, 0.1) is 0 Å². The molecule has 3 nitrogen and oxygen atoms in total. The number of carbonyl (C=O) groups is 1. The number of rotatable bonds is 5. The van der Waals surface area contributed by atoms with Crippen LogP contribution < -0.4 is 0 Å². The summed E-state index contributed by atoms with van der Waals surface area (Å²) in [7, 11) is 0. The Kier molecular flexibility index (Phi) is 4.61. The Hall–Kier alpha value is -3.17. The van der Waals surface area contributed by atoms with Crippen molar-refractivity contribution in [1.29, 1.82) is 0 Å². The van der Waals surface area contributed by atoms with Crippen molar-refractivity contribution in [2.75, 3.05) is 0 Å². The molecular formula is C23H17ClN2O. The van der Waals surface area contributed by atoms with Crippen molar-refractivity contribution in [3.05, 3.63) is 126 Å². The van der Waals surface area contributed by atoms with Gasteiger partial charge in [-0.05, 0) is 28.3 Å². The third-order valence-electron chi connectivity index (χ3n) is 4.75. The van der Waals surface area contributed by atoms with E-state index in [1.54, 1.807) is 12.5 Å². The third-order valence-corrected chi connectivity index (χ3v) is 4.94. The van der Waals surface area contributed by atoms with Gasteiger partial charge in [0, 0.05) is 6.20 Å². The molecule has 0 radical (unpaired) electrons. The minimum Gasteiger partial charge on any atom is -0.318 e. The fraction of sp³-hybridized carbons (Fsp3) is 0.0435. The fourth-order valence-electron chi connectivity index (χ4n) is 3.59. The topological polar surface area (TPSA) is 34.9 Å². The first-order chi connectivity index (χ1) is 13.2. The summed E-state index contributed by atoms with van der Waals surface area (Å²) in [5.41, 5.74) is 2.74. The van der Waals surface area contributed by atoms with Gasteiger partial charge in [0.2, 0.25) is 0 Å².